The number of rotatable bonds is 4. The third-order valence-corrected chi connectivity index (χ3v) is 10.2. The number of aromatic nitrogens is 1. The van der Waals surface area contributed by atoms with Gasteiger partial charge in [-0.15, -0.1) is 11.3 Å². The van der Waals surface area contributed by atoms with Crippen LogP contribution in [0.2, 0.25) is 0 Å². The first-order chi connectivity index (χ1) is 21.8. The molecule has 9 rings (SSSR count). The maximum absolute atomic E-state index is 5.16. The van der Waals surface area contributed by atoms with Crippen molar-refractivity contribution in [3.63, 3.8) is 0 Å². The quantitative estimate of drug-likeness (QED) is 0.194. The van der Waals surface area contributed by atoms with E-state index in [1.807, 2.05) is 17.4 Å². The molecule has 2 aliphatic heterocycles. The van der Waals surface area contributed by atoms with E-state index in [2.05, 4.69) is 142 Å². The van der Waals surface area contributed by atoms with Gasteiger partial charge in [0.05, 0.1) is 15.7 Å². The highest BCUT2D eigenvalue weighted by Gasteiger charge is 2.29. The number of hydrogen-bond donors (Lipinski definition) is 3. The summed E-state index contributed by atoms with van der Waals surface area (Å²) in [6, 6.07) is 32.5. The summed E-state index contributed by atoms with van der Waals surface area (Å²) in [7, 11) is 0. The number of fused-ring (bicyclic) bond motifs is 7. The summed E-state index contributed by atoms with van der Waals surface area (Å²) >= 11 is 1.89. The number of hydrogen-bond acceptors (Lipinski definition) is 5. The second-order valence-corrected chi connectivity index (χ2v) is 12.7. The van der Waals surface area contributed by atoms with Gasteiger partial charge in [0.1, 0.15) is 24.3 Å². The molecule has 0 saturated heterocycles. The lowest BCUT2D eigenvalue weighted by molar-refractivity contribution is 0.450. The first-order valence-corrected chi connectivity index (χ1v) is 16.1. The van der Waals surface area contributed by atoms with Crippen LogP contribution in [0.25, 0.3) is 42.0 Å². The molecule has 4 aromatic carbocycles. The molecule has 0 fully saturated rings. The number of allylic oxidation sites excluding steroid dienone is 3. The van der Waals surface area contributed by atoms with Crippen molar-refractivity contribution >= 4 is 59.2 Å². The van der Waals surface area contributed by atoms with E-state index in [1.54, 1.807) is 0 Å². The fourth-order valence-electron chi connectivity index (χ4n) is 6.90. The van der Waals surface area contributed by atoms with Crippen molar-refractivity contribution in [2.75, 3.05) is 0 Å². The number of thiophene rings is 1. The molecule has 3 atom stereocenters. The highest BCUT2D eigenvalue weighted by Crippen LogP contribution is 2.43. The minimum atomic E-state index is -0.180. The monoisotopic (exact) mass is 589 g/mol. The molecule has 0 saturated carbocycles. The Morgan fingerprint density at radius 3 is 2.48 bits per heavy atom. The van der Waals surface area contributed by atoms with Crippen LogP contribution in [0, 0.1) is 0 Å². The van der Waals surface area contributed by atoms with Crippen molar-refractivity contribution in [3.05, 3.63) is 144 Å². The van der Waals surface area contributed by atoms with Gasteiger partial charge in [-0.1, -0.05) is 103 Å². The van der Waals surface area contributed by atoms with Gasteiger partial charge in [0.15, 0.2) is 0 Å². The molecule has 0 spiro atoms. The Morgan fingerprint density at radius 1 is 0.818 bits per heavy atom. The molecule has 44 heavy (non-hydrogen) atoms. The van der Waals surface area contributed by atoms with E-state index >= 15 is 0 Å². The summed E-state index contributed by atoms with van der Waals surface area (Å²) in [4.78, 5) is 5.16. The lowest BCUT2D eigenvalue weighted by Crippen LogP contribution is -2.55. The van der Waals surface area contributed by atoms with Gasteiger partial charge in [-0.25, -0.2) is 4.99 Å². The average molecular weight is 590 g/mol. The lowest BCUT2D eigenvalue weighted by Gasteiger charge is -2.35. The van der Waals surface area contributed by atoms with Gasteiger partial charge in [-0.05, 0) is 36.6 Å². The molecule has 6 aromatic rings. The van der Waals surface area contributed by atoms with E-state index in [4.69, 9.17) is 4.99 Å². The van der Waals surface area contributed by atoms with Crippen LogP contribution in [0.3, 0.4) is 0 Å². The first kappa shape index (κ1) is 25.6. The molecule has 1 aliphatic carbocycles. The van der Waals surface area contributed by atoms with Gasteiger partial charge in [-0.3, -0.25) is 5.32 Å². The molecule has 214 valence electrons. The van der Waals surface area contributed by atoms with E-state index < -0.39 is 0 Å². The van der Waals surface area contributed by atoms with E-state index in [1.165, 1.54) is 47.6 Å². The van der Waals surface area contributed by atoms with Crippen LogP contribution in [0.5, 0.6) is 0 Å². The summed E-state index contributed by atoms with van der Waals surface area (Å²) in [5, 5.41) is 16.4. The minimum Gasteiger partial charge on any atom is -0.367 e. The van der Waals surface area contributed by atoms with E-state index in [9.17, 15) is 0 Å². The smallest absolute Gasteiger partial charge is 0.131 e. The molecule has 6 heteroatoms. The van der Waals surface area contributed by atoms with Gasteiger partial charge < -0.3 is 15.2 Å². The van der Waals surface area contributed by atoms with Gasteiger partial charge in [0, 0.05) is 43.6 Å². The van der Waals surface area contributed by atoms with Crippen molar-refractivity contribution in [1.82, 2.24) is 20.5 Å². The molecule has 3 aliphatic rings. The number of amidine groups is 1. The normalized spacial score (nSPS) is 21.7. The summed E-state index contributed by atoms with van der Waals surface area (Å²) in [6.45, 7) is 0. The fraction of sp³-hybridized carbons (Fsp3) is 0.132. The molecular formula is C38H31N5S. The highest BCUT2D eigenvalue weighted by atomic mass is 32.1. The minimum absolute atomic E-state index is 0.0169. The zero-order valence-corrected chi connectivity index (χ0v) is 24.9. The fourth-order valence-corrected chi connectivity index (χ4v) is 8.14. The Hall–Kier alpha value is -4.91. The number of nitrogens with zero attached hydrogens (tertiary/aromatic N) is 2. The summed E-state index contributed by atoms with van der Waals surface area (Å²) < 4.78 is 5.13. The summed E-state index contributed by atoms with van der Waals surface area (Å²) in [6.07, 6.45) is 15.2. The van der Waals surface area contributed by atoms with E-state index in [-0.39, 0.29) is 18.5 Å². The summed E-state index contributed by atoms with van der Waals surface area (Å²) in [5.41, 5.74) is 6.07. The Bertz CT molecular complexity index is 2230. The third kappa shape index (κ3) is 4.13. The van der Waals surface area contributed by atoms with Gasteiger partial charge in [-0.2, -0.15) is 0 Å². The van der Waals surface area contributed by atoms with Crippen molar-refractivity contribution in [3.8, 4) is 0 Å². The number of aliphatic imine (C=N–C) groups is 1. The van der Waals surface area contributed by atoms with E-state index in [0.29, 0.717) is 0 Å². The van der Waals surface area contributed by atoms with Crippen LogP contribution >= 0.6 is 11.3 Å². The van der Waals surface area contributed by atoms with Crippen molar-refractivity contribution in [2.45, 2.75) is 31.3 Å². The second-order valence-electron chi connectivity index (χ2n) is 11.6. The first-order valence-electron chi connectivity index (χ1n) is 15.3. The second kappa shape index (κ2) is 10.4. The maximum atomic E-state index is 5.16. The molecule has 0 bridgehead atoms. The van der Waals surface area contributed by atoms with Crippen LogP contribution in [0.1, 0.15) is 24.6 Å². The molecule has 5 nitrogen and oxygen atoms in total. The number of nitrogens with one attached hydrogen (secondary N) is 3. The lowest BCUT2D eigenvalue weighted by atomic mass is 10.00. The topological polar surface area (TPSA) is 53.4 Å². The van der Waals surface area contributed by atoms with Gasteiger partial charge >= 0.3 is 0 Å². The molecular weight excluding hydrogens is 559 g/mol. The number of dihydropyridines is 1. The van der Waals surface area contributed by atoms with E-state index in [0.717, 1.165) is 29.8 Å². The molecule has 3 unspecified atom stereocenters. The van der Waals surface area contributed by atoms with Gasteiger partial charge in [0.25, 0.3) is 0 Å². The Balaban J connectivity index is 1.12. The zero-order chi connectivity index (χ0) is 29.0. The third-order valence-electron chi connectivity index (χ3n) is 9.03. The molecule has 4 heterocycles. The van der Waals surface area contributed by atoms with Crippen LogP contribution in [0.15, 0.2) is 144 Å². The number of para-hydroxylation sites is 1. The van der Waals surface area contributed by atoms with Crippen LogP contribution in [0.4, 0.5) is 0 Å². The SMILES string of the molecule is C1=CCCC(C2NC(c3ccccc3)=NC(C3=CNC(n4c5ccccc5c5ccc6c7ccccc7sc6c54)C=C3)N2)=C1. The predicted molar refractivity (Wildman–Crippen MR) is 185 cm³/mol. The van der Waals surface area contributed by atoms with Gasteiger partial charge in [0.2, 0.25) is 0 Å². The standard InChI is InChI=1S/C38H31N5S/c1-3-11-24(12-4-1)36-40-37(25-13-5-2-6-14-25)42-38(41-36)26-19-22-33(39-23-26)43-31-17-9-7-15-27(31)29-20-21-30-28-16-8-10-18-32(28)44-35(30)34(29)43/h1-5,7-13,15-23,33,37-39,42H,6,14H2,(H,40,41). The Kier molecular flexibility index (Phi) is 6.03. The largest absolute Gasteiger partial charge is 0.367 e. The maximum Gasteiger partial charge on any atom is 0.131 e. The Labute approximate surface area is 259 Å². The summed E-state index contributed by atoms with van der Waals surface area (Å²) in [5.74, 6) is 0.917. The Morgan fingerprint density at radius 2 is 1.64 bits per heavy atom. The zero-order valence-electron chi connectivity index (χ0n) is 24.1. The van der Waals surface area contributed by atoms with Crippen molar-refractivity contribution in [2.24, 2.45) is 4.99 Å². The molecule has 3 N–H and O–H groups in total. The number of benzene rings is 4. The molecule has 0 radical (unpaired) electrons. The highest BCUT2D eigenvalue weighted by molar-refractivity contribution is 7.26. The van der Waals surface area contributed by atoms with Crippen LogP contribution in [-0.4, -0.2) is 22.7 Å². The van der Waals surface area contributed by atoms with Crippen molar-refractivity contribution < 1.29 is 0 Å². The van der Waals surface area contributed by atoms with Crippen LogP contribution < -0.4 is 16.0 Å². The molecule has 2 aromatic heterocycles. The predicted octanol–water partition coefficient (Wildman–Crippen LogP) is 8.27. The molecule has 0 amide bonds. The van der Waals surface area contributed by atoms with Crippen LogP contribution in [-0.2, 0) is 0 Å². The average Bonchev–Trinajstić information content (AvgIpc) is 3.65. The van der Waals surface area contributed by atoms with Crippen molar-refractivity contribution in [1.29, 1.82) is 0 Å².